The van der Waals surface area contributed by atoms with Crippen LogP contribution in [0, 0.1) is 0 Å². The third-order valence-electron chi connectivity index (χ3n) is 2.42. The van der Waals surface area contributed by atoms with Crippen LogP contribution in [-0.2, 0) is 0 Å². The summed E-state index contributed by atoms with van der Waals surface area (Å²) in [5, 5.41) is 1.35. The van der Waals surface area contributed by atoms with E-state index in [1.54, 1.807) is 30.5 Å². The lowest BCUT2D eigenvalue weighted by Gasteiger charge is -2.10. The van der Waals surface area contributed by atoms with Crippen LogP contribution < -0.4 is 0 Å². The van der Waals surface area contributed by atoms with Crippen molar-refractivity contribution >= 4 is 40.7 Å². The minimum atomic E-state index is -0.284. The second-order valence-electron chi connectivity index (χ2n) is 3.80. The zero-order valence-electron chi connectivity index (χ0n) is 10.0. The maximum absolute atomic E-state index is 12.3. The molecule has 0 radical (unpaired) electrons. The van der Waals surface area contributed by atoms with Gasteiger partial charge in [0.25, 0.3) is 0 Å². The molecule has 0 spiro atoms. The molecule has 1 atom stereocenters. The van der Waals surface area contributed by atoms with Crippen LogP contribution in [0.1, 0.15) is 17.3 Å². The van der Waals surface area contributed by atoms with Crippen molar-refractivity contribution in [2.45, 2.75) is 17.2 Å². The lowest BCUT2D eigenvalue weighted by atomic mass is 10.1. The van der Waals surface area contributed by atoms with Gasteiger partial charge in [-0.25, -0.2) is 9.97 Å². The van der Waals surface area contributed by atoms with Crippen molar-refractivity contribution in [3.63, 3.8) is 0 Å². The van der Waals surface area contributed by atoms with Crippen LogP contribution in [0.4, 0.5) is 0 Å². The molecule has 0 aliphatic heterocycles. The Morgan fingerprint density at radius 3 is 2.74 bits per heavy atom. The van der Waals surface area contributed by atoms with Gasteiger partial charge in [0.2, 0.25) is 0 Å². The fourth-order valence-corrected chi connectivity index (χ4v) is 2.84. The monoisotopic (exact) mass is 312 g/mol. The smallest absolute Gasteiger partial charge is 0.177 e. The van der Waals surface area contributed by atoms with Gasteiger partial charge in [0.15, 0.2) is 5.78 Å². The van der Waals surface area contributed by atoms with E-state index >= 15 is 0 Å². The van der Waals surface area contributed by atoms with E-state index in [1.807, 2.05) is 6.92 Å². The van der Waals surface area contributed by atoms with Gasteiger partial charge in [-0.3, -0.25) is 4.79 Å². The standard InChI is InChI=1S/C13H10Cl2N2OS/c1-8(19-12-4-5-16-7-17-12)13(18)10-3-2-9(14)6-11(10)15/h2-8H,1H3. The zero-order valence-corrected chi connectivity index (χ0v) is 12.3. The molecule has 1 heterocycles. The molecule has 1 aromatic heterocycles. The summed E-state index contributed by atoms with van der Waals surface area (Å²) in [5.41, 5.74) is 0.472. The molecule has 0 aliphatic rings. The number of ketones is 1. The molecule has 19 heavy (non-hydrogen) atoms. The molecule has 2 rings (SSSR count). The molecular weight excluding hydrogens is 303 g/mol. The molecule has 0 bridgehead atoms. The van der Waals surface area contributed by atoms with Gasteiger partial charge in [0, 0.05) is 16.8 Å². The first-order chi connectivity index (χ1) is 9.08. The second-order valence-corrected chi connectivity index (χ2v) is 6.00. The first kappa shape index (κ1) is 14.3. The summed E-state index contributed by atoms with van der Waals surface area (Å²) in [4.78, 5) is 20.2. The van der Waals surface area contributed by atoms with Gasteiger partial charge >= 0.3 is 0 Å². The van der Waals surface area contributed by atoms with E-state index in [2.05, 4.69) is 9.97 Å². The van der Waals surface area contributed by atoms with Gasteiger partial charge in [-0.2, -0.15) is 0 Å². The SMILES string of the molecule is CC(Sc1ccncn1)C(=O)c1ccc(Cl)cc1Cl. The number of rotatable bonds is 4. The average Bonchev–Trinajstić information content (AvgIpc) is 2.39. The molecular formula is C13H10Cl2N2OS. The Bertz CT molecular complexity index is 592. The topological polar surface area (TPSA) is 42.9 Å². The maximum Gasteiger partial charge on any atom is 0.177 e. The van der Waals surface area contributed by atoms with Crippen molar-refractivity contribution in [3.05, 3.63) is 52.4 Å². The number of halogens is 2. The third-order valence-corrected chi connectivity index (χ3v) is 4.02. The van der Waals surface area contributed by atoms with E-state index in [1.165, 1.54) is 18.1 Å². The van der Waals surface area contributed by atoms with E-state index in [-0.39, 0.29) is 11.0 Å². The fraction of sp³-hybridized carbons (Fsp3) is 0.154. The minimum Gasteiger partial charge on any atom is -0.293 e. The number of hydrogen-bond donors (Lipinski definition) is 0. The Kier molecular flexibility index (Phi) is 4.80. The van der Waals surface area contributed by atoms with Crippen LogP contribution in [0.5, 0.6) is 0 Å². The van der Waals surface area contributed by atoms with E-state index in [0.717, 1.165) is 5.03 Å². The Morgan fingerprint density at radius 1 is 1.32 bits per heavy atom. The molecule has 3 nitrogen and oxygen atoms in total. The molecule has 0 fully saturated rings. The molecule has 1 aromatic carbocycles. The molecule has 0 N–H and O–H groups in total. The first-order valence-electron chi connectivity index (χ1n) is 5.50. The molecule has 98 valence electrons. The van der Waals surface area contributed by atoms with Gasteiger partial charge < -0.3 is 0 Å². The van der Waals surface area contributed by atoms with Crippen LogP contribution in [0.3, 0.4) is 0 Å². The summed E-state index contributed by atoms with van der Waals surface area (Å²) in [6.07, 6.45) is 3.09. The Balaban J connectivity index is 2.15. The Hall–Kier alpha value is -1.10. The normalized spacial score (nSPS) is 12.2. The summed E-state index contributed by atoms with van der Waals surface area (Å²) < 4.78 is 0. The van der Waals surface area contributed by atoms with Crippen LogP contribution in [-0.4, -0.2) is 21.0 Å². The van der Waals surface area contributed by atoms with Crippen LogP contribution in [0.25, 0.3) is 0 Å². The van der Waals surface area contributed by atoms with E-state index in [0.29, 0.717) is 15.6 Å². The van der Waals surface area contributed by atoms with Gasteiger partial charge in [-0.15, -0.1) is 0 Å². The number of thioether (sulfide) groups is 1. The molecule has 0 aliphatic carbocycles. The summed E-state index contributed by atoms with van der Waals surface area (Å²) in [7, 11) is 0. The summed E-state index contributed by atoms with van der Waals surface area (Å²) in [6.45, 7) is 1.82. The Morgan fingerprint density at radius 2 is 2.11 bits per heavy atom. The van der Waals surface area contributed by atoms with Gasteiger partial charge in [-0.05, 0) is 31.2 Å². The lowest BCUT2D eigenvalue weighted by Crippen LogP contribution is -2.14. The predicted octanol–water partition coefficient (Wildman–Crippen LogP) is 4.15. The van der Waals surface area contributed by atoms with E-state index in [9.17, 15) is 4.79 Å². The van der Waals surface area contributed by atoms with Crippen molar-refractivity contribution < 1.29 is 4.79 Å². The summed E-state index contributed by atoms with van der Waals surface area (Å²) in [5.74, 6) is -0.0507. The highest BCUT2D eigenvalue weighted by Gasteiger charge is 2.19. The molecule has 1 unspecified atom stereocenters. The number of carbonyl (C=O) groups is 1. The highest BCUT2D eigenvalue weighted by Crippen LogP contribution is 2.27. The zero-order chi connectivity index (χ0) is 13.8. The van der Waals surface area contributed by atoms with Crippen LogP contribution in [0.2, 0.25) is 10.0 Å². The van der Waals surface area contributed by atoms with Crippen molar-refractivity contribution in [1.82, 2.24) is 9.97 Å². The summed E-state index contributed by atoms with van der Waals surface area (Å²) in [6, 6.07) is 6.63. The third kappa shape index (κ3) is 3.69. The maximum atomic E-state index is 12.3. The number of Topliss-reactive ketones (excluding diaryl/α,β-unsaturated/α-hetero) is 1. The molecule has 2 aromatic rings. The molecule has 6 heteroatoms. The number of aromatic nitrogens is 2. The van der Waals surface area contributed by atoms with Gasteiger partial charge in [-0.1, -0.05) is 35.0 Å². The molecule has 0 amide bonds. The minimum absolute atomic E-state index is 0.0507. The summed E-state index contributed by atoms with van der Waals surface area (Å²) >= 11 is 13.2. The number of carbonyl (C=O) groups excluding carboxylic acids is 1. The average molecular weight is 313 g/mol. The van der Waals surface area contributed by atoms with E-state index in [4.69, 9.17) is 23.2 Å². The number of nitrogens with zero attached hydrogens (tertiary/aromatic N) is 2. The quantitative estimate of drug-likeness (QED) is 0.483. The van der Waals surface area contributed by atoms with Crippen molar-refractivity contribution in [1.29, 1.82) is 0 Å². The molecule has 0 saturated heterocycles. The van der Waals surface area contributed by atoms with Crippen LogP contribution in [0.15, 0.2) is 41.8 Å². The number of benzene rings is 1. The molecule has 0 saturated carbocycles. The predicted molar refractivity (Wildman–Crippen MR) is 78.1 cm³/mol. The first-order valence-corrected chi connectivity index (χ1v) is 7.13. The van der Waals surface area contributed by atoms with Gasteiger partial charge in [0.1, 0.15) is 11.4 Å². The van der Waals surface area contributed by atoms with E-state index < -0.39 is 0 Å². The second kappa shape index (κ2) is 6.37. The highest BCUT2D eigenvalue weighted by atomic mass is 35.5. The number of hydrogen-bond acceptors (Lipinski definition) is 4. The largest absolute Gasteiger partial charge is 0.293 e. The van der Waals surface area contributed by atoms with Gasteiger partial charge in [0.05, 0.1) is 10.3 Å². The van der Waals surface area contributed by atoms with Crippen molar-refractivity contribution in [2.75, 3.05) is 0 Å². The fourth-order valence-electron chi connectivity index (χ4n) is 1.49. The van der Waals surface area contributed by atoms with Crippen molar-refractivity contribution in [3.8, 4) is 0 Å². The lowest BCUT2D eigenvalue weighted by molar-refractivity contribution is 0.0994. The highest BCUT2D eigenvalue weighted by molar-refractivity contribution is 8.00. The Labute approximate surface area is 125 Å². The van der Waals surface area contributed by atoms with Crippen LogP contribution >= 0.6 is 35.0 Å². The van der Waals surface area contributed by atoms with Crippen molar-refractivity contribution in [2.24, 2.45) is 0 Å².